The molecule has 0 atom stereocenters. The van der Waals surface area contributed by atoms with Gasteiger partial charge in [-0.1, -0.05) is 0 Å². The van der Waals surface area contributed by atoms with Gasteiger partial charge in [-0.3, -0.25) is 9.59 Å². The largest absolute Gasteiger partial charge is 0.374 e. The van der Waals surface area contributed by atoms with Gasteiger partial charge in [0.2, 0.25) is 5.91 Å². The molecule has 0 saturated heterocycles. The normalized spacial score (nSPS) is 10.8. The van der Waals surface area contributed by atoms with Crippen LogP contribution in [0, 0.1) is 0 Å². The van der Waals surface area contributed by atoms with Gasteiger partial charge in [0.05, 0.1) is 5.70 Å². The minimum absolute atomic E-state index is 0.0752. The number of Topliss-reactive ketones (excluding diaryl/α,β-unsaturated/α-hetero) is 1. The molecule has 0 aliphatic rings. The minimum Gasteiger partial charge on any atom is -0.374 e. The molecule has 0 aromatic rings. The van der Waals surface area contributed by atoms with Gasteiger partial charge < -0.3 is 10.2 Å². The lowest BCUT2D eigenvalue weighted by molar-refractivity contribution is -0.118. The van der Waals surface area contributed by atoms with Crippen LogP contribution >= 0.6 is 0 Å². The maximum Gasteiger partial charge on any atom is 0.220 e. The summed E-state index contributed by atoms with van der Waals surface area (Å²) in [6.07, 6.45) is 1.41. The zero-order chi connectivity index (χ0) is 9.72. The van der Waals surface area contributed by atoms with Crippen molar-refractivity contribution in [3.8, 4) is 0 Å². The van der Waals surface area contributed by atoms with E-state index in [-0.39, 0.29) is 11.7 Å². The molecule has 0 spiro atoms. The SMILES string of the molecule is CC(=O)N/C=C(/C(C)=O)N(C)C. The summed E-state index contributed by atoms with van der Waals surface area (Å²) in [7, 11) is 3.49. The Morgan fingerprint density at radius 1 is 1.25 bits per heavy atom. The first-order valence-electron chi connectivity index (χ1n) is 3.60. The molecular weight excluding hydrogens is 156 g/mol. The van der Waals surface area contributed by atoms with Crippen molar-refractivity contribution in [3.05, 3.63) is 11.9 Å². The van der Waals surface area contributed by atoms with Gasteiger partial charge in [-0.2, -0.15) is 0 Å². The average Bonchev–Trinajstić information content (AvgIpc) is 1.84. The third-order valence-corrected chi connectivity index (χ3v) is 1.25. The highest BCUT2D eigenvalue weighted by atomic mass is 16.1. The molecule has 0 bridgehead atoms. The van der Waals surface area contributed by atoms with Crippen molar-refractivity contribution < 1.29 is 9.59 Å². The second-order valence-electron chi connectivity index (χ2n) is 2.68. The van der Waals surface area contributed by atoms with Crippen molar-refractivity contribution in [2.75, 3.05) is 14.1 Å². The lowest BCUT2D eigenvalue weighted by Gasteiger charge is -2.13. The monoisotopic (exact) mass is 170 g/mol. The van der Waals surface area contributed by atoms with Crippen LogP contribution in [-0.4, -0.2) is 30.7 Å². The van der Waals surface area contributed by atoms with Crippen molar-refractivity contribution in [1.29, 1.82) is 0 Å². The molecule has 12 heavy (non-hydrogen) atoms. The number of nitrogens with one attached hydrogen (secondary N) is 1. The van der Waals surface area contributed by atoms with E-state index in [1.807, 2.05) is 0 Å². The molecule has 0 saturated carbocycles. The molecule has 0 aliphatic carbocycles. The molecule has 0 unspecified atom stereocenters. The van der Waals surface area contributed by atoms with E-state index in [9.17, 15) is 9.59 Å². The second kappa shape index (κ2) is 4.54. The fourth-order valence-electron chi connectivity index (χ4n) is 0.716. The van der Waals surface area contributed by atoms with E-state index < -0.39 is 0 Å². The van der Waals surface area contributed by atoms with Crippen LogP contribution in [0.4, 0.5) is 0 Å². The molecule has 4 heteroatoms. The molecule has 0 aliphatic heterocycles. The van der Waals surface area contributed by atoms with Gasteiger partial charge in [0.25, 0.3) is 0 Å². The Hall–Kier alpha value is -1.32. The summed E-state index contributed by atoms with van der Waals surface area (Å²) in [5.41, 5.74) is 0.477. The molecule has 1 N–H and O–H groups in total. The van der Waals surface area contributed by atoms with Crippen LogP contribution in [0.5, 0.6) is 0 Å². The van der Waals surface area contributed by atoms with Crippen LogP contribution in [0.1, 0.15) is 13.8 Å². The third-order valence-electron chi connectivity index (χ3n) is 1.25. The van der Waals surface area contributed by atoms with Crippen molar-refractivity contribution in [3.63, 3.8) is 0 Å². The maximum atomic E-state index is 10.9. The number of allylic oxidation sites excluding steroid dienone is 1. The smallest absolute Gasteiger partial charge is 0.220 e. The van der Waals surface area contributed by atoms with Crippen LogP contribution < -0.4 is 5.32 Å². The number of nitrogens with zero attached hydrogens (tertiary/aromatic N) is 1. The quantitative estimate of drug-likeness (QED) is 0.612. The van der Waals surface area contributed by atoms with Gasteiger partial charge >= 0.3 is 0 Å². The predicted molar refractivity (Wildman–Crippen MR) is 46.3 cm³/mol. The number of hydrogen-bond acceptors (Lipinski definition) is 3. The summed E-state index contributed by atoms with van der Waals surface area (Å²) >= 11 is 0. The number of ketones is 1. The van der Waals surface area contributed by atoms with Gasteiger partial charge in [-0.15, -0.1) is 0 Å². The number of rotatable bonds is 3. The number of hydrogen-bond donors (Lipinski definition) is 1. The molecule has 0 rings (SSSR count). The van der Waals surface area contributed by atoms with Crippen LogP contribution in [0.3, 0.4) is 0 Å². The predicted octanol–water partition coefficient (Wildman–Crippen LogP) is 0.115. The van der Waals surface area contributed by atoms with E-state index >= 15 is 0 Å². The van der Waals surface area contributed by atoms with E-state index in [0.717, 1.165) is 0 Å². The van der Waals surface area contributed by atoms with Crippen LogP contribution in [0.15, 0.2) is 11.9 Å². The van der Waals surface area contributed by atoms with E-state index in [1.54, 1.807) is 19.0 Å². The highest BCUT2D eigenvalue weighted by molar-refractivity contribution is 5.93. The topological polar surface area (TPSA) is 49.4 Å². The fourth-order valence-corrected chi connectivity index (χ4v) is 0.716. The second-order valence-corrected chi connectivity index (χ2v) is 2.68. The van der Waals surface area contributed by atoms with Gasteiger partial charge in [0.1, 0.15) is 0 Å². The number of carbonyl (C=O) groups is 2. The third kappa shape index (κ3) is 3.75. The van der Waals surface area contributed by atoms with E-state index in [0.29, 0.717) is 5.70 Å². The molecule has 1 amide bonds. The first-order chi connectivity index (χ1) is 5.45. The van der Waals surface area contributed by atoms with Crippen molar-refractivity contribution in [2.45, 2.75) is 13.8 Å². The molecule has 68 valence electrons. The number of likely N-dealkylation sites (N-methyl/N-ethyl adjacent to an activating group) is 1. The summed E-state index contributed by atoms with van der Waals surface area (Å²) < 4.78 is 0. The Morgan fingerprint density at radius 2 is 1.75 bits per heavy atom. The Balaban J connectivity index is 4.40. The first kappa shape index (κ1) is 10.7. The van der Waals surface area contributed by atoms with Crippen molar-refractivity contribution in [1.82, 2.24) is 10.2 Å². The van der Waals surface area contributed by atoms with Crippen LogP contribution in [-0.2, 0) is 9.59 Å². The van der Waals surface area contributed by atoms with Crippen LogP contribution in [0.2, 0.25) is 0 Å². The molecule has 4 nitrogen and oxygen atoms in total. The van der Waals surface area contributed by atoms with Gasteiger partial charge in [-0.25, -0.2) is 0 Å². The van der Waals surface area contributed by atoms with Gasteiger partial charge in [0, 0.05) is 34.1 Å². The zero-order valence-electron chi connectivity index (χ0n) is 7.84. The maximum absolute atomic E-state index is 10.9. The average molecular weight is 170 g/mol. The first-order valence-corrected chi connectivity index (χ1v) is 3.60. The Bertz CT molecular complexity index is 219. The summed E-state index contributed by atoms with van der Waals surface area (Å²) in [5.74, 6) is -0.260. The fraction of sp³-hybridized carbons (Fsp3) is 0.500. The highest BCUT2D eigenvalue weighted by Gasteiger charge is 2.04. The minimum atomic E-state index is -0.185. The summed E-state index contributed by atoms with van der Waals surface area (Å²) in [6.45, 7) is 2.84. The van der Waals surface area contributed by atoms with E-state index in [4.69, 9.17) is 0 Å². The van der Waals surface area contributed by atoms with Gasteiger partial charge in [0.15, 0.2) is 5.78 Å². The molecule has 0 radical (unpaired) electrons. The van der Waals surface area contributed by atoms with Crippen molar-refractivity contribution >= 4 is 11.7 Å². The molecular formula is C8H14N2O2. The summed E-state index contributed by atoms with van der Waals surface area (Å²) in [6, 6.07) is 0. The molecule has 0 heterocycles. The summed E-state index contributed by atoms with van der Waals surface area (Å²) in [5, 5.41) is 2.44. The number of carbonyl (C=O) groups excluding carboxylic acids is 2. The standard InChI is InChI=1S/C8H14N2O2/c1-6(11)8(10(3)4)5-9-7(2)12/h5H,1-4H3,(H,9,12)/b8-5-. The van der Waals surface area contributed by atoms with Crippen molar-refractivity contribution in [2.24, 2.45) is 0 Å². The van der Waals surface area contributed by atoms with E-state index in [1.165, 1.54) is 20.0 Å². The molecule has 0 aromatic heterocycles. The number of amides is 1. The van der Waals surface area contributed by atoms with E-state index in [2.05, 4.69) is 5.32 Å². The highest BCUT2D eigenvalue weighted by Crippen LogP contribution is 1.97. The lowest BCUT2D eigenvalue weighted by atomic mass is 10.3. The Labute approximate surface area is 72.2 Å². The Kier molecular flexibility index (Phi) is 4.04. The van der Waals surface area contributed by atoms with Gasteiger partial charge in [-0.05, 0) is 0 Å². The molecule has 0 aromatic carbocycles. The van der Waals surface area contributed by atoms with Crippen LogP contribution in [0.25, 0.3) is 0 Å². The molecule has 0 fully saturated rings. The summed E-state index contributed by atoms with van der Waals surface area (Å²) in [4.78, 5) is 23.1. The Morgan fingerprint density at radius 3 is 2.00 bits per heavy atom. The zero-order valence-corrected chi connectivity index (χ0v) is 7.84. The lowest BCUT2D eigenvalue weighted by Crippen LogP contribution is -2.22.